The first-order valence-electron chi connectivity index (χ1n) is 10.9. The molecule has 1 radical (unpaired) electrons. The largest absolute Gasteiger partial charge is 0.446 e. The molecule has 3 nitrogen and oxygen atoms in total. The molecule has 171 valence electrons. The summed E-state index contributed by atoms with van der Waals surface area (Å²) in [5, 5.41) is 1.58. The summed E-state index contributed by atoms with van der Waals surface area (Å²) in [6.07, 6.45) is 4.31. The summed E-state index contributed by atoms with van der Waals surface area (Å²) in [5.41, 5.74) is 5.57. The first-order chi connectivity index (χ1) is 15.8. The number of nitrogens with two attached hydrogens (primary N) is 1. The summed E-state index contributed by atoms with van der Waals surface area (Å²) in [6.45, 7) is 2.61. The van der Waals surface area contributed by atoms with Crippen molar-refractivity contribution in [3.63, 3.8) is 0 Å². The second-order valence-electron chi connectivity index (χ2n) is 8.07. The van der Waals surface area contributed by atoms with E-state index in [1.807, 2.05) is 12.1 Å². The highest BCUT2D eigenvalue weighted by Gasteiger charge is 2.29. The molecule has 1 aromatic heterocycles. The molecule has 0 saturated carbocycles. The van der Waals surface area contributed by atoms with Crippen molar-refractivity contribution in [3.05, 3.63) is 77.4 Å². The van der Waals surface area contributed by atoms with Crippen LogP contribution in [0.15, 0.2) is 59.5 Å². The minimum atomic E-state index is -4.32. The van der Waals surface area contributed by atoms with Crippen molar-refractivity contribution in [2.24, 2.45) is 5.73 Å². The van der Waals surface area contributed by atoms with Gasteiger partial charge in [0.25, 0.3) is 0 Å². The van der Waals surface area contributed by atoms with Gasteiger partial charge in [0.05, 0.1) is 11.0 Å². The van der Waals surface area contributed by atoms with Gasteiger partial charge in [0.2, 0.25) is 5.91 Å². The lowest BCUT2D eigenvalue weighted by molar-refractivity contribution is -0.0328. The molecule has 4 rings (SSSR count). The minimum absolute atomic E-state index is 0.124. The third kappa shape index (κ3) is 5.19. The lowest BCUT2D eigenvalue weighted by atomic mass is 10.0. The van der Waals surface area contributed by atoms with Crippen LogP contribution in [-0.2, 0) is 13.0 Å². The third-order valence-electron chi connectivity index (χ3n) is 5.69. The van der Waals surface area contributed by atoms with Crippen LogP contribution < -0.4 is 5.73 Å². The van der Waals surface area contributed by atoms with Crippen LogP contribution in [0, 0.1) is 6.07 Å². The van der Waals surface area contributed by atoms with Crippen LogP contribution in [0.2, 0.25) is 0 Å². The monoisotopic (exact) mass is 469 g/mol. The van der Waals surface area contributed by atoms with Crippen LogP contribution >= 0.6 is 11.8 Å². The van der Waals surface area contributed by atoms with Crippen molar-refractivity contribution in [2.45, 2.75) is 49.6 Å². The van der Waals surface area contributed by atoms with Crippen LogP contribution in [0.4, 0.5) is 13.2 Å². The van der Waals surface area contributed by atoms with Gasteiger partial charge in [0.15, 0.2) is 0 Å². The number of thioether (sulfide) groups is 1. The van der Waals surface area contributed by atoms with E-state index in [1.165, 1.54) is 12.1 Å². The summed E-state index contributed by atoms with van der Waals surface area (Å²) in [4.78, 5) is 12.3. The number of hydrogen-bond donors (Lipinski definition) is 1. The minimum Gasteiger partial charge on any atom is -0.366 e. The molecule has 0 aliphatic rings. The Labute approximate surface area is 194 Å². The average Bonchev–Trinajstić information content (AvgIpc) is 3.07. The molecule has 0 atom stereocenters. The fourth-order valence-corrected chi connectivity index (χ4v) is 4.72. The number of aryl methyl sites for hydroxylation is 1. The highest BCUT2D eigenvalue weighted by Crippen LogP contribution is 2.37. The summed E-state index contributed by atoms with van der Waals surface area (Å²) >= 11 is -0.124. The second kappa shape index (κ2) is 9.51. The molecular weight excluding hydrogens is 445 g/mol. The van der Waals surface area contributed by atoms with E-state index in [2.05, 4.69) is 23.6 Å². The molecule has 4 aromatic rings. The summed E-state index contributed by atoms with van der Waals surface area (Å²) in [5.74, 6) is -0.506. The van der Waals surface area contributed by atoms with E-state index in [1.54, 1.807) is 24.3 Å². The number of rotatable bonds is 8. The third-order valence-corrected chi connectivity index (χ3v) is 6.43. The number of amides is 1. The van der Waals surface area contributed by atoms with E-state index in [0.717, 1.165) is 58.6 Å². The Bertz CT molecular complexity index is 1290. The number of nitrogens with zero attached hydrogens (tertiary/aromatic N) is 1. The van der Waals surface area contributed by atoms with Crippen molar-refractivity contribution in [3.8, 4) is 0 Å². The fourth-order valence-electron chi connectivity index (χ4n) is 4.18. The van der Waals surface area contributed by atoms with Crippen molar-refractivity contribution in [1.82, 2.24) is 4.57 Å². The lowest BCUT2D eigenvalue weighted by Crippen LogP contribution is -2.11. The smallest absolute Gasteiger partial charge is 0.366 e. The van der Waals surface area contributed by atoms with E-state index in [-0.39, 0.29) is 16.7 Å². The van der Waals surface area contributed by atoms with Gasteiger partial charge in [0, 0.05) is 27.8 Å². The molecule has 7 heteroatoms. The van der Waals surface area contributed by atoms with Gasteiger partial charge >= 0.3 is 5.51 Å². The molecule has 0 spiro atoms. The van der Waals surface area contributed by atoms with Crippen LogP contribution in [0.25, 0.3) is 21.8 Å². The molecule has 0 aliphatic heterocycles. The van der Waals surface area contributed by atoms with E-state index in [4.69, 9.17) is 5.73 Å². The van der Waals surface area contributed by atoms with Crippen LogP contribution in [0.5, 0.6) is 0 Å². The standard InChI is InChI=1S/C26H24F3N2OS/c1-2-3-4-6-17-11-14-20-23(15-17)31(22-8-5-7-21(24(20)22)25(30)32)16-18-9-12-19(13-10-18)33-26(27,28)29/h5,7-13,15H,2-4,6,16H2,1H3,(H2,30,32). The van der Waals surface area contributed by atoms with Gasteiger partial charge in [-0.05, 0) is 72.1 Å². The quantitative estimate of drug-likeness (QED) is 0.221. The number of aromatic nitrogens is 1. The second-order valence-corrected chi connectivity index (χ2v) is 9.21. The Morgan fingerprint density at radius 1 is 1.06 bits per heavy atom. The lowest BCUT2D eigenvalue weighted by Gasteiger charge is -2.10. The summed E-state index contributed by atoms with van der Waals surface area (Å²) in [6, 6.07) is 19.3. The topological polar surface area (TPSA) is 48.0 Å². The Morgan fingerprint density at radius 3 is 2.48 bits per heavy atom. The Hall–Kier alpha value is -2.93. The van der Waals surface area contributed by atoms with E-state index < -0.39 is 11.4 Å². The Morgan fingerprint density at radius 2 is 1.82 bits per heavy atom. The predicted molar refractivity (Wildman–Crippen MR) is 127 cm³/mol. The number of hydrogen-bond acceptors (Lipinski definition) is 2. The van der Waals surface area contributed by atoms with Crippen molar-refractivity contribution in [1.29, 1.82) is 0 Å². The van der Waals surface area contributed by atoms with Gasteiger partial charge in [0.1, 0.15) is 0 Å². The number of fused-ring (bicyclic) bond motifs is 3. The van der Waals surface area contributed by atoms with Crippen molar-refractivity contribution < 1.29 is 18.0 Å². The number of carbonyl (C=O) groups excluding carboxylic acids is 1. The molecule has 0 fully saturated rings. The predicted octanol–water partition coefficient (Wildman–Crippen LogP) is 7.09. The van der Waals surface area contributed by atoms with Gasteiger partial charge in [-0.25, -0.2) is 0 Å². The van der Waals surface area contributed by atoms with E-state index in [0.29, 0.717) is 12.1 Å². The number of halogens is 3. The molecule has 1 heterocycles. The SMILES string of the molecule is CCCCCc1c[c]c2c3c(C(N)=O)cccc3n(Cc3ccc(SC(F)(F)F)cc3)c2c1. The molecule has 33 heavy (non-hydrogen) atoms. The van der Waals surface area contributed by atoms with Gasteiger partial charge in [-0.2, -0.15) is 13.2 Å². The molecule has 1 amide bonds. The number of benzene rings is 3. The molecule has 0 saturated heterocycles. The van der Waals surface area contributed by atoms with Gasteiger partial charge in [-0.15, -0.1) is 0 Å². The number of carbonyl (C=O) groups is 1. The summed E-state index contributed by atoms with van der Waals surface area (Å²) < 4.78 is 40.1. The highest BCUT2D eigenvalue weighted by molar-refractivity contribution is 8.00. The maximum absolute atomic E-state index is 12.7. The number of primary amides is 1. The van der Waals surface area contributed by atoms with E-state index >= 15 is 0 Å². The van der Waals surface area contributed by atoms with Gasteiger partial charge < -0.3 is 10.3 Å². The Balaban J connectivity index is 1.79. The van der Waals surface area contributed by atoms with Gasteiger partial charge in [-0.3, -0.25) is 4.79 Å². The zero-order valence-electron chi connectivity index (χ0n) is 18.2. The van der Waals surface area contributed by atoms with Gasteiger partial charge in [-0.1, -0.05) is 44.0 Å². The maximum atomic E-state index is 12.7. The molecule has 0 unspecified atom stereocenters. The normalized spacial score (nSPS) is 12.0. The fraction of sp³-hybridized carbons (Fsp3) is 0.269. The van der Waals surface area contributed by atoms with Crippen LogP contribution in [-0.4, -0.2) is 16.0 Å². The average molecular weight is 470 g/mol. The molecular formula is C26H24F3N2OS. The maximum Gasteiger partial charge on any atom is 0.446 e. The zero-order chi connectivity index (χ0) is 23.6. The first kappa shape index (κ1) is 23.2. The summed E-state index contributed by atoms with van der Waals surface area (Å²) in [7, 11) is 0. The van der Waals surface area contributed by atoms with Crippen molar-refractivity contribution >= 4 is 39.5 Å². The Kier molecular flexibility index (Phi) is 6.70. The highest BCUT2D eigenvalue weighted by atomic mass is 32.2. The number of alkyl halides is 3. The van der Waals surface area contributed by atoms with E-state index in [9.17, 15) is 18.0 Å². The van der Waals surface area contributed by atoms with Crippen LogP contribution in [0.3, 0.4) is 0 Å². The molecule has 0 aliphatic carbocycles. The number of unbranched alkanes of at least 4 members (excludes halogenated alkanes) is 2. The van der Waals surface area contributed by atoms with Crippen molar-refractivity contribution in [2.75, 3.05) is 0 Å². The first-order valence-corrected chi connectivity index (χ1v) is 11.7. The van der Waals surface area contributed by atoms with Crippen LogP contribution in [0.1, 0.15) is 47.7 Å². The zero-order valence-corrected chi connectivity index (χ0v) is 19.0. The molecule has 2 N–H and O–H groups in total. The molecule has 0 bridgehead atoms. The molecule has 3 aromatic carbocycles.